The number of benzene rings is 2. The summed E-state index contributed by atoms with van der Waals surface area (Å²) in [7, 11) is 0. The van der Waals surface area contributed by atoms with Gasteiger partial charge in [0.2, 0.25) is 5.16 Å². The lowest BCUT2D eigenvalue weighted by Crippen LogP contribution is -2.00. The maximum atomic E-state index is 12.8. The number of halogens is 1. The Labute approximate surface area is 143 Å². The Hall–Kier alpha value is -2.60. The van der Waals surface area contributed by atoms with E-state index in [1.54, 1.807) is 12.1 Å². The van der Waals surface area contributed by atoms with E-state index in [4.69, 9.17) is 4.74 Å². The first-order valence-electron chi connectivity index (χ1n) is 7.46. The molecule has 0 bridgehead atoms. The average molecular weight is 341 g/mol. The Kier molecular flexibility index (Phi) is 5.63. The van der Waals surface area contributed by atoms with Crippen LogP contribution < -0.4 is 4.74 Å². The Morgan fingerprint density at radius 3 is 2.62 bits per heavy atom. The van der Waals surface area contributed by atoms with E-state index >= 15 is 0 Å². The molecule has 2 aromatic carbocycles. The molecule has 1 aromatic heterocycles. The number of H-pyrrole nitrogens is 1. The SMILES string of the molecule is Fc1ccc(OCCSc2n[nH]c(/C=C/c3ccccc3)n2)cc1. The highest BCUT2D eigenvalue weighted by Crippen LogP contribution is 2.15. The standard InChI is InChI=1S/C18H16FN3OS/c19-15-7-9-16(10-8-15)23-12-13-24-18-20-17(21-22-18)11-6-14-4-2-1-3-5-14/h1-11H,12-13H2,(H,20,21,22)/b11-6+. The second-order valence-corrected chi connectivity index (χ2v) is 5.96. The highest BCUT2D eigenvalue weighted by molar-refractivity contribution is 7.99. The van der Waals surface area contributed by atoms with Crippen LogP contribution in [0.2, 0.25) is 0 Å². The number of nitrogens with zero attached hydrogens (tertiary/aromatic N) is 2. The van der Waals surface area contributed by atoms with Crippen molar-refractivity contribution in [1.29, 1.82) is 0 Å². The van der Waals surface area contributed by atoms with Gasteiger partial charge in [0.1, 0.15) is 17.4 Å². The normalized spacial score (nSPS) is 11.0. The highest BCUT2D eigenvalue weighted by Gasteiger charge is 2.02. The van der Waals surface area contributed by atoms with Crippen LogP contribution in [0.4, 0.5) is 4.39 Å². The van der Waals surface area contributed by atoms with Crippen molar-refractivity contribution in [3.05, 3.63) is 71.8 Å². The van der Waals surface area contributed by atoms with Crippen molar-refractivity contribution in [1.82, 2.24) is 15.2 Å². The van der Waals surface area contributed by atoms with E-state index in [0.29, 0.717) is 29.1 Å². The summed E-state index contributed by atoms with van der Waals surface area (Å²) in [6.45, 7) is 0.500. The fourth-order valence-corrected chi connectivity index (χ4v) is 2.58. The molecule has 0 atom stereocenters. The van der Waals surface area contributed by atoms with E-state index < -0.39 is 0 Å². The van der Waals surface area contributed by atoms with Crippen LogP contribution >= 0.6 is 11.8 Å². The molecule has 24 heavy (non-hydrogen) atoms. The summed E-state index contributed by atoms with van der Waals surface area (Å²) >= 11 is 1.50. The summed E-state index contributed by atoms with van der Waals surface area (Å²) in [5.74, 6) is 1.80. The number of hydrogen-bond acceptors (Lipinski definition) is 4. The topological polar surface area (TPSA) is 50.8 Å². The first-order chi connectivity index (χ1) is 11.8. The van der Waals surface area contributed by atoms with Crippen LogP contribution in [0.25, 0.3) is 12.2 Å². The van der Waals surface area contributed by atoms with Gasteiger partial charge in [-0.05, 0) is 35.9 Å². The number of nitrogens with one attached hydrogen (secondary N) is 1. The monoisotopic (exact) mass is 341 g/mol. The third-order valence-electron chi connectivity index (χ3n) is 3.11. The molecule has 0 aliphatic heterocycles. The number of aromatic nitrogens is 3. The van der Waals surface area contributed by atoms with Crippen molar-refractivity contribution in [3.63, 3.8) is 0 Å². The van der Waals surface area contributed by atoms with Crippen molar-refractivity contribution in [2.24, 2.45) is 0 Å². The summed E-state index contributed by atoms with van der Waals surface area (Å²) in [5.41, 5.74) is 1.11. The van der Waals surface area contributed by atoms with Gasteiger partial charge in [0.25, 0.3) is 0 Å². The largest absolute Gasteiger partial charge is 0.493 e. The summed E-state index contributed by atoms with van der Waals surface area (Å²) in [5, 5.41) is 7.72. The predicted octanol–water partition coefficient (Wildman–Crippen LogP) is 4.29. The number of thioether (sulfide) groups is 1. The third-order valence-corrected chi connectivity index (χ3v) is 3.92. The molecule has 0 radical (unpaired) electrons. The first-order valence-corrected chi connectivity index (χ1v) is 8.45. The molecule has 0 fully saturated rings. The van der Waals surface area contributed by atoms with Crippen LogP contribution in [0, 0.1) is 5.82 Å². The molecule has 4 nitrogen and oxygen atoms in total. The number of ether oxygens (including phenoxy) is 1. The van der Waals surface area contributed by atoms with Crippen LogP contribution in [0.15, 0.2) is 59.8 Å². The number of aromatic amines is 1. The lowest BCUT2D eigenvalue weighted by Gasteiger charge is -2.04. The quantitative estimate of drug-likeness (QED) is 0.515. The molecular formula is C18H16FN3OS. The molecule has 6 heteroatoms. The van der Waals surface area contributed by atoms with Gasteiger partial charge >= 0.3 is 0 Å². The summed E-state index contributed by atoms with van der Waals surface area (Å²) in [6.07, 6.45) is 3.87. The predicted molar refractivity (Wildman–Crippen MR) is 94.4 cm³/mol. The molecule has 0 aliphatic rings. The molecular weight excluding hydrogens is 325 g/mol. The van der Waals surface area contributed by atoms with Gasteiger partial charge in [0.05, 0.1) is 6.61 Å². The fourth-order valence-electron chi connectivity index (χ4n) is 1.96. The van der Waals surface area contributed by atoms with E-state index in [2.05, 4.69) is 15.2 Å². The van der Waals surface area contributed by atoms with Gasteiger partial charge in [0, 0.05) is 5.75 Å². The number of hydrogen-bond donors (Lipinski definition) is 1. The zero-order valence-electron chi connectivity index (χ0n) is 12.9. The van der Waals surface area contributed by atoms with Crippen molar-refractivity contribution in [2.45, 2.75) is 5.16 Å². The zero-order valence-corrected chi connectivity index (χ0v) is 13.7. The Morgan fingerprint density at radius 2 is 1.83 bits per heavy atom. The first kappa shape index (κ1) is 16.3. The summed E-state index contributed by atoms with van der Waals surface area (Å²) in [6, 6.07) is 16.0. The van der Waals surface area contributed by atoms with Gasteiger partial charge in [-0.25, -0.2) is 9.37 Å². The van der Waals surface area contributed by atoms with Gasteiger partial charge in [0.15, 0.2) is 0 Å². The minimum Gasteiger partial charge on any atom is -0.493 e. The highest BCUT2D eigenvalue weighted by atomic mass is 32.2. The van der Waals surface area contributed by atoms with E-state index in [1.807, 2.05) is 42.5 Å². The minimum atomic E-state index is -0.270. The van der Waals surface area contributed by atoms with E-state index in [1.165, 1.54) is 23.9 Å². The van der Waals surface area contributed by atoms with Gasteiger partial charge in [-0.1, -0.05) is 48.2 Å². The maximum absolute atomic E-state index is 12.8. The lowest BCUT2D eigenvalue weighted by atomic mass is 10.2. The van der Waals surface area contributed by atoms with Crippen LogP contribution in [-0.2, 0) is 0 Å². The Balaban J connectivity index is 1.44. The van der Waals surface area contributed by atoms with Gasteiger partial charge in [-0.2, -0.15) is 0 Å². The molecule has 0 aliphatic carbocycles. The smallest absolute Gasteiger partial charge is 0.208 e. The van der Waals surface area contributed by atoms with Crippen molar-refractivity contribution < 1.29 is 9.13 Å². The fraction of sp³-hybridized carbons (Fsp3) is 0.111. The van der Waals surface area contributed by atoms with Crippen LogP contribution in [0.1, 0.15) is 11.4 Å². The van der Waals surface area contributed by atoms with Crippen LogP contribution in [0.5, 0.6) is 5.75 Å². The molecule has 3 rings (SSSR count). The number of rotatable bonds is 7. The van der Waals surface area contributed by atoms with E-state index in [-0.39, 0.29) is 5.82 Å². The second kappa shape index (κ2) is 8.31. The van der Waals surface area contributed by atoms with E-state index in [0.717, 1.165) is 5.56 Å². The molecule has 1 heterocycles. The Bertz CT molecular complexity index is 788. The third kappa shape index (κ3) is 4.96. The van der Waals surface area contributed by atoms with Crippen molar-refractivity contribution in [2.75, 3.05) is 12.4 Å². The molecule has 3 aromatic rings. The van der Waals surface area contributed by atoms with Gasteiger partial charge in [-0.15, -0.1) is 5.10 Å². The molecule has 0 saturated heterocycles. The molecule has 0 spiro atoms. The van der Waals surface area contributed by atoms with Crippen LogP contribution in [-0.4, -0.2) is 27.5 Å². The van der Waals surface area contributed by atoms with E-state index in [9.17, 15) is 4.39 Å². The molecule has 0 amide bonds. The molecule has 122 valence electrons. The summed E-state index contributed by atoms with van der Waals surface area (Å²) < 4.78 is 18.3. The molecule has 0 saturated carbocycles. The molecule has 1 N–H and O–H groups in total. The second-order valence-electron chi connectivity index (χ2n) is 4.90. The van der Waals surface area contributed by atoms with Crippen LogP contribution in [0.3, 0.4) is 0 Å². The zero-order chi connectivity index (χ0) is 16.6. The summed E-state index contributed by atoms with van der Waals surface area (Å²) in [4.78, 5) is 4.39. The lowest BCUT2D eigenvalue weighted by molar-refractivity contribution is 0.343. The average Bonchev–Trinajstić information content (AvgIpc) is 3.07. The van der Waals surface area contributed by atoms with Crippen molar-refractivity contribution >= 4 is 23.9 Å². The Morgan fingerprint density at radius 1 is 1.04 bits per heavy atom. The van der Waals surface area contributed by atoms with Gasteiger partial charge in [-0.3, -0.25) is 5.10 Å². The van der Waals surface area contributed by atoms with Crippen molar-refractivity contribution in [3.8, 4) is 5.75 Å². The van der Waals surface area contributed by atoms with Gasteiger partial charge < -0.3 is 4.74 Å². The molecule has 0 unspecified atom stereocenters. The minimum absolute atomic E-state index is 0.270. The maximum Gasteiger partial charge on any atom is 0.208 e.